The predicted octanol–water partition coefficient (Wildman–Crippen LogP) is 2.30. The van der Waals surface area contributed by atoms with E-state index in [-0.39, 0.29) is 0 Å². The molecule has 1 aliphatic carbocycles. The lowest BCUT2D eigenvalue weighted by molar-refractivity contribution is -0.128. The molecule has 1 N–H and O–H groups in total. The number of esters is 1. The van der Waals surface area contributed by atoms with Crippen LogP contribution in [0.4, 0.5) is 4.79 Å². The van der Waals surface area contributed by atoms with Crippen molar-refractivity contribution in [2.45, 2.75) is 39.2 Å². The van der Waals surface area contributed by atoms with Crippen molar-refractivity contribution in [3.8, 4) is 0 Å². The van der Waals surface area contributed by atoms with E-state index in [9.17, 15) is 14.4 Å². The number of thiophene rings is 1. The Morgan fingerprint density at radius 1 is 1.41 bits per heavy atom. The molecule has 0 aromatic carbocycles. The van der Waals surface area contributed by atoms with Gasteiger partial charge in [-0.1, -0.05) is 6.92 Å². The Kier molecular flexibility index (Phi) is 5.18. The van der Waals surface area contributed by atoms with Gasteiger partial charge < -0.3 is 9.47 Å². The third kappa shape index (κ3) is 3.85. The summed E-state index contributed by atoms with van der Waals surface area (Å²) in [5.74, 6) is -0.634. The van der Waals surface area contributed by atoms with Gasteiger partial charge in [0.15, 0.2) is 6.10 Å². The molecule has 2 rings (SSSR count). The van der Waals surface area contributed by atoms with Crippen LogP contribution in [0.5, 0.6) is 0 Å². The number of carbonyl (C=O) groups excluding carboxylic acids is 3. The second kappa shape index (κ2) is 6.91. The van der Waals surface area contributed by atoms with Gasteiger partial charge in [0.25, 0.3) is 5.91 Å². The summed E-state index contributed by atoms with van der Waals surface area (Å²) < 4.78 is 9.42. The second-order valence-electron chi connectivity index (χ2n) is 5.44. The zero-order valence-corrected chi connectivity index (χ0v) is 13.6. The van der Waals surface area contributed by atoms with E-state index in [1.54, 1.807) is 0 Å². The summed E-state index contributed by atoms with van der Waals surface area (Å²) >= 11 is 1.42. The third-order valence-corrected chi connectivity index (χ3v) is 4.81. The van der Waals surface area contributed by atoms with Crippen LogP contribution in [0.15, 0.2) is 6.07 Å². The molecule has 7 heteroatoms. The van der Waals surface area contributed by atoms with Gasteiger partial charge in [-0.2, -0.15) is 0 Å². The maximum absolute atomic E-state index is 12.1. The summed E-state index contributed by atoms with van der Waals surface area (Å²) in [5, 5.41) is 1.97. The number of methoxy groups -OCH3 is 1. The molecule has 6 nitrogen and oxygen atoms in total. The van der Waals surface area contributed by atoms with Crippen LogP contribution in [-0.4, -0.2) is 31.2 Å². The monoisotopic (exact) mass is 325 g/mol. The highest BCUT2D eigenvalue weighted by Crippen LogP contribution is 2.32. The van der Waals surface area contributed by atoms with Crippen LogP contribution in [0.3, 0.4) is 0 Å². The topological polar surface area (TPSA) is 81.7 Å². The second-order valence-corrected chi connectivity index (χ2v) is 6.57. The Bertz CT molecular complexity index is 595. The summed E-state index contributed by atoms with van der Waals surface area (Å²) in [6, 6.07) is 1.85. The molecule has 0 bridgehead atoms. The van der Waals surface area contributed by atoms with E-state index in [0.29, 0.717) is 10.8 Å². The van der Waals surface area contributed by atoms with Crippen molar-refractivity contribution in [2.24, 2.45) is 5.92 Å². The van der Waals surface area contributed by atoms with Crippen molar-refractivity contribution < 1.29 is 23.9 Å². The van der Waals surface area contributed by atoms with Crippen LogP contribution in [0.2, 0.25) is 0 Å². The van der Waals surface area contributed by atoms with Crippen molar-refractivity contribution in [3.63, 3.8) is 0 Å². The number of hydrogen-bond donors (Lipinski definition) is 1. The lowest BCUT2D eigenvalue weighted by Gasteiger charge is -2.16. The molecule has 1 aromatic heterocycles. The zero-order valence-electron chi connectivity index (χ0n) is 12.8. The van der Waals surface area contributed by atoms with E-state index in [2.05, 4.69) is 11.7 Å². The molecule has 2 atom stereocenters. The van der Waals surface area contributed by atoms with Crippen LogP contribution in [-0.2, 0) is 27.1 Å². The van der Waals surface area contributed by atoms with Crippen molar-refractivity contribution >= 4 is 29.3 Å². The number of imide groups is 1. The Hall–Kier alpha value is -1.89. The molecule has 22 heavy (non-hydrogen) atoms. The summed E-state index contributed by atoms with van der Waals surface area (Å²) in [6.07, 6.45) is 1.13. The van der Waals surface area contributed by atoms with Crippen LogP contribution < -0.4 is 5.32 Å². The Morgan fingerprint density at radius 2 is 2.14 bits per heavy atom. The largest absolute Gasteiger partial charge is 0.453 e. The molecule has 0 radical (unpaired) electrons. The summed E-state index contributed by atoms with van der Waals surface area (Å²) in [6.45, 7) is 3.60. The van der Waals surface area contributed by atoms with Gasteiger partial charge in [0, 0.05) is 4.88 Å². The number of fused-ring (bicyclic) bond motifs is 1. The Labute approximate surface area is 132 Å². The molecule has 0 fully saturated rings. The Balaban J connectivity index is 1.97. The summed E-state index contributed by atoms with van der Waals surface area (Å²) in [4.78, 5) is 36.4. The minimum absolute atomic E-state index is 0.497. The average molecular weight is 325 g/mol. The molecular weight excluding hydrogens is 306 g/mol. The number of alkyl carbamates (subject to hydrolysis) is 1. The molecule has 2 amide bonds. The molecule has 0 unspecified atom stereocenters. The number of nitrogens with one attached hydrogen (secondary N) is 1. The number of carbonyl (C=O) groups is 3. The standard InChI is InChI=1S/C15H19NO5S/c1-8-4-5-11-10(6-8)7-12(22-11)14(18)21-9(2)13(17)16-15(19)20-3/h7-9H,4-6H2,1-3H3,(H,16,17,19)/t8-,9-/m1/s1. The number of rotatable bonds is 3. The lowest BCUT2D eigenvalue weighted by atomic mass is 9.90. The van der Waals surface area contributed by atoms with Crippen LogP contribution in [0, 0.1) is 5.92 Å². The summed E-state index contributed by atoms with van der Waals surface area (Å²) in [7, 11) is 1.15. The molecular formula is C15H19NO5S. The SMILES string of the molecule is COC(=O)NC(=O)[C@@H](C)OC(=O)c1cc2c(s1)CC[C@@H](C)C2. The lowest BCUT2D eigenvalue weighted by Crippen LogP contribution is -2.39. The van der Waals surface area contributed by atoms with E-state index in [0.717, 1.165) is 26.4 Å². The molecule has 1 aliphatic rings. The molecule has 0 aliphatic heterocycles. The maximum Gasteiger partial charge on any atom is 0.413 e. The van der Waals surface area contributed by atoms with Crippen molar-refractivity contribution in [1.82, 2.24) is 5.32 Å². The van der Waals surface area contributed by atoms with Gasteiger partial charge in [0.1, 0.15) is 4.88 Å². The highest BCUT2D eigenvalue weighted by Gasteiger charge is 2.25. The van der Waals surface area contributed by atoms with Crippen LogP contribution in [0.1, 0.15) is 40.4 Å². The zero-order chi connectivity index (χ0) is 16.3. The van der Waals surface area contributed by atoms with Crippen molar-refractivity contribution in [3.05, 3.63) is 21.4 Å². The fourth-order valence-electron chi connectivity index (χ4n) is 2.33. The van der Waals surface area contributed by atoms with Crippen molar-refractivity contribution in [1.29, 1.82) is 0 Å². The molecule has 1 heterocycles. The van der Waals surface area contributed by atoms with Gasteiger partial charge in [-0.3, -0.25) is 10.1 Å². The van der Waals surface area contributed by atoms with E-state index >= 15 is 0 Å². The quantitative estimate of drug-likeness (QED) is 0.862. The molecule has 1 aromatic rings. The first-order valence-corrected chi connectivity index (χ1v) is 7.93. The third-order valence-electron chi connectivity index (χ3n) is 3.59. The van der Waals surface area contributed by atoms with E-state index in [1.165, 1.54) is 28.7 Å². The number of hydrogen-bond acceptors (Lipinski definition) is 6. The summed E-state index contributed by atoms with van der Waals surface area (Å²) in [5.41, 5.74) is 1.20. The van der Waals surface area contributed by atoms with E-state index < -0.39 is 24.1 Å². The smallest absolute Gasteiger partial charge is 0.413 e. The fourth-order valence-corrected chi connectivity index (χ4v) is 3.42. The Morgan fingerprint density at radius 3 is 2.82 bits per heavy atom. The minimum Gasteiger partial charge on any atom is -0.453 e. The van der Waals surface area contributed by atoms with Gasteiger partial charge in [0.2, 0.25) is 0 Å². The van der Waals surface area contributed by atoms with E-state index in [4.69, 9.17) is 4.74 Å². The molecule has 0 spiro atoms. The molecule has 0 saturated heterocycles. The first-order valence-electron chi connectivity index (χ1n) is 7.12. The highest BCUT2D eigenvalue weighted by molar-refractivity contribution is 7.14. The normalized spacial score (nSPS) is 18.0. The first kappa shape index (κ1) is 16.5. The van der Waals surface area contributed by atoms with Gasteiger partial charge in [-0.05, 0) is 43.7 Å². The minimum atomic E-state index is -1.07. The molecule has 120 valence electrons. The maximum atomic E-state index is 12.1. The number of amides is 2. The van der Waals surface area contributed by atoms with Gasteiger partial charge >= 0.3 is 12.1 Å². The van der Waals surface area contributed by atoms with E-state index in [1.807, 2.05) is 11.4 Å². The van der Waals surface area contributed by atoms with Gasteiger partial charge in [0.05, 0.1) is 7.11 Å². The van der Waals surface area contributed by atoms with Crippen molar-refractivity contribution in [2.75, 3.05) is 7.11 Å². The van der Waals surface area contributed by atoms with Gasteiger partial charge in [-0.15, -0.1) is 11.3 Å². The average Bonchev–Trinajstić information content (AvgIpc) is 2.89. The molecule has 0 saturated carbocycles. The van der Waals surface area contributed by atoms with Gasteiger partial charge in [-0.25, -0.2) is 9.59 Å². The van der Waals surface area contributed by atoms with Crippen LogP contribution in [0.25, 0.3) is 0 Å². The highest BCUT2D eigenvalue weighted by atomic mass is 32.1. The first-order chi connectivity index (χ1) is 10.4. The predicted molar refractivity (Wildman–Crippen MR) is 80.9 cm³/mol. The number of aryl methyl sites for hydroxylation is 1. The fraction of sp³-hybridized carbons (Fsp3) is 0.533. The van der Waals surface area contributed by atoms with Crippen LogP contribution >= 0.6 is 11.3 Å². The number of ether oxygens (including phenoxy) is 2.